The van der Waals surface area contributed by atoms with Gasteiger partial charge >= 0.3 is 0 Å². The number of anilines is 1. The largest absolute Gasteiger partial charge is 0.493 e. The first-order valence-electron chi connectivity index (χ1n) is 10.1. The smallest absolute Gasteiger partial charge is 0.198 e. The van der Waals surface area contributed by atoms with Crippen molar-refractivity contribution in [1.82, 2.24) is 4.90 Å². The van der Waals surface area contributed by atoms with Crippen molar-refractivity contribution in [3.63, 3.8) is 0 Å². The number of nitrogens with zero attached hydrogens (tertiary/aromatic N) is 1. The van der Waals surface area contributed by atoms with E-state index in [1.165, 1.54) is 0 Å². The van der Waals surface area contributed by atoms with E-state index in [1.807, 2.05) is 32.3 Å². The van der Waals surface area contributed by atoms with Crippen LogP contribution in [0.25, 0.3) is 0 Å². The van der Waals surface area contributed by atoms with Crippen molar-refractivity contribution in [1.29, 1.82) is 0 Å². The number of nitrogens with two attached hydrogens (primary N) is 1. The summed E-state index contributed by atoms with van der Waals surface area (Å²) in [6.45, 7) is 1.22. The minimum absolute atomic E-state index is 0.132. The van der Waals surface area contributed by atoms with Gasteiger partial charge in [0.15, 0.2) is 17.3 Å². The first-order chi connectivity index (χ1) is 15.0. The minimum atomic E-state index is -0.306. The zero-order valence-corrected chi connectivity index (χ0v) is 17.6. The van der Waals surface area contributed by atoms with Crippen molar-refractivity contribution in [2.75, 3.05) is 33.0 Å². The average molecular weight is 416 g/mol. The van der Waals surface area contributed by atoms with Gasteiger partial charge in [-0.1, -0.05) is 42.5 Å². The zero-order chi connectivity index (χ0) is 22.0. The van der Waals surface area contributed by atoms with Gasteiger partial charge in [0.2, 0.25) is 0 Å². The molecule has 6 nitrogen and oxygen atoms in total. The zero-order valence-electron chi connectivity index (χ0n) is 17.6. The SMILES string of the molecule is CN(C)CCCOc1cc(Oc2ccccc2)c(N)c2c1C(=O)c1ccccc1C2=O. The standard InChI is InChI=1S/C25H24N2O4/c1-27(2)13-8-14-30-19-15-20(31-16-9-4-3-5-10-16)23(26)22-21(19)24(28)17-11-6-7-12-18(17)25(22)29/h3-7,9-12,15H,8,13-14,26H2,1-2H3. The summed E-state index contributed by atoms with van der Waals surface area (Å²) in [6.07, 6.45) is 0.764. The van der Waals surface area contributed by atoms with E-state index >= 15 is 0 Å². The molecule has 2 N–H and O–H groups in total. The fourth-order valence-corrected chi connectivity index (χ4v) is 3.64. The fourth-order valence-electron chi connectivity index (χ4n) is 3.64. The van der Waals surface area contributed by atoms with Crippen LogP contribution in [0.1, 0.15) is 38.3 Å². The Morgan fingerprint density at radius 1 is 0.839 bits per heavy atom. The highest BCUT2D eigenvalue weighted by Crippen LogP contribution is 2.43. The van der Waals surface area contributed by atoms with Crippen LogP contribution < -0.4 is 15.2 Å². The Morgan fingerprint density at radius 3 is 2.10 bits per heavy atom. The Labute approximate surface area is 181 Å². The van der Waals surface area contributed by atoms with Crippen molar-refractivity contribution >= 4 is 17.3 Å². The maximum absolute atomic E-state index is 13.3. The lowest BCUT2D eigenvalue weighted by molar-refractivity contribution is 0.0976. The normalized spacial score (nSPS) is 12.5. The van der Waals surface area contributed by atoms with E-state index in [0.717, 1.165) is 13.0 Å². The summed E-state index contributed by atoms with van der Waals surface area (Å²) in [6, 6.07) is 17.5. The summed E-state index contributed by atoms with van der Waals surface area (Å²) in [7, 11) is 3.96. The lowest BCUT2D eigenvalue weighted by atomic mass is 9.82. The molecule has 31 heavy (non-hydrogen) atoms. The summed E-state index contributed by atoms with van der Waals surface area (Å²) in [5.74, 6) is 0.586. The average Bonchev–Trinajstić information content (AvgIpc) is 2.77. The number of carbonyl (C=O) groups excluding carboxylic acids is 2. The molecule has 0 saturated heterocycles. The van der Waals surface area contributed by atoms with Crippen LogP contribution in [0.4, 0.5) is 5.69 Å². The topological polar surface area (TPSA) is 81.9 Å². The highest BCUT2D eigenvalue weighted by Gasteiger charge is 2.35. The van der Waals surface area contributed by atoms with Gasteiger partial charge in [-0.2, -0.15) is 0 Å². The molecule has 0 aliphatic heterocycles. The first-order valence-corrected chi connectivity index (χ1v) is 10.1. The molecule has 0 heterocycles. The van der Waals surface area contributed by atoms with E-state index in [1.54, 1.807) is 42.5 Å². The summed E-state index contributed by atoms with van der Waals surface area (Å²) in [5, 5.41) is 0. The lowest BCUT2D eigenvalue weighted by Gasteiger charge is -2.23. The molecule has 0 aromatic heterocycles. The molecule has 0 unspecified atom stereocenters. The fraction of sp³-hybridized carbons (Fsp3) is 0.200. The molecule has 4 rings (SSSR count). The molecule has 0 saturated carbocycles. The number of carbonyl (C=O) groups is 2. The number of ether oxygens (including phenoxy) is 2. The predicted molar refractivity (Wildman–Crippen MR) is 119 cm³/mol. The Morgan fingerprint density at radius 2 is 1.45 bits per heavy atom. The van der Waals surface area contributed by atoms with Gasteiger partial charge in [0.05, 0.1) is 23.4 Å². The summed E-state index contributed by atoms with van der Waals surface area (Å²) >= 11 is 0. The third-order valence-electron chi connectivity index (χ3n) is 5.14. The number of hydrogen-bond acceptors (Lipinski definition) is 6. The van der Waals surface area contributed by atoms with Crippen LogP contribution in [0.5, 0.6) is 17.2 Å². The Hall–Kier alpha value is -3.64. The van der Waals surface area contributed by atoms with Crippen LogP contribution in [-0.2, 0) is 0 Å². The van der Waals surface area contributed by atoms with Crippen LogP contribution in [0.15, 0.2) is 60.7 Å². The van der Waals surface area contributed by atoms with Crippen LogP contribution in [0, 0.1) is 0 Å². The molecule has 6 heteroatoms. The molecule has 0 atom stereocenters. The van der Waals surface area contributed by atoms with Gasteiger partial charge in [0.25, 0.3) is 0 Å². The number of para-hydroxylation sites is 1. The molecular weight excluding hydrogens is 392 g/mol. The second kappa shape index (κ2) is 8.62. The number of benzene rings is 3. The molecule has 0 spiro atoms. The summed E-state index contributed by atoms with van der Waals surface area (Å²) in [5.41, 5.74) is 7.53. The van der Waals surface area contributed by atoms with Gasteiger partial charge in [-0.15, -0.1) is 0 Å². The minimum Gasteiger partial charge on any atom is -0.493 e. The van der Waals surface area contributed by atoms with Gasteiger partial charge in [-0.25, -0.2) is 0 Å². The van der Waals surface area contributed by atoms with Crippen molar-refractivity contribution in [2.24, 2.45) is 0 Å². The first kappa shape index (κ1) is 20.6. The number of hydrogen-bond donors (Lipinski definition) is 1. The third-order valence-corrected chi connectivity index (χ3v) is 5.14. The van der Waals surface area contributed by atoms with Gasteiger partial charge in [-0.05, 0) is 32.6 Å². The van der Waals surface area contributed by atoms with E-state index in [2.05, 4.69) is 4.90 Å². The Bertz CT molecular complexity index is 1140. The number of nitrogen functional groups attached to an aromatic ring is 1. The van der Waals surface area contributed by atoms with Crippen LogP contribution in [-0.4, -0.2) is 43.7 Å². The predicted octanol–water partition coefficient (Wildman–Crippen LogP) is 4.17. The molecule has 0 fully saturated rings. The van der Waals surface area contributed by atoms with Crippen LogP contribution in [0.2, 0.25) is 0 Å². The second-order valence-electron chi connectivity index (χ2n) is 7.66. The maximum atomic E-state index is 13.3. The molecule has 1 aliphatic rings. The number of fused-ring (bicyclic) bond motifs is 2. The highest BCUT2D eigenvalue weighted by atomic mass is 16.5. The second-order valence-corrected chi connectivity index (χ2v) is 7.66. The molecule has 1 aliphatic carbocycles. The van der Waals surface area contributed by atoms with Crippen molar-refractivity contribution in [2.45, 2.75) is 6.42 Å². The van der Waals surface area contributed by atoms with Crippen molar-refractivity contribution in [3.05, 3.63) is 82.9 Å². The van der Waals surface area contributed by atoms with Crippen molar-refractivity contribution in [3.8, 4) is 17.2 Å². The van der Waals surface area contributed by atoms with Gasteiger partial charge < -0.3 is 20.1 Å². The summed E-state index contributed by atoms with van der Waals surface area (Å²) in [4.78, 5) is 28.7. The lowest BCUT2D eigenvalue weighted by Crippen LogP contribution is -2.24. The van der Waals surface area contributed by atoms with Gasteiger partial charge in [-0.3, -0.25) is 9.59 Å². The number of ketones is 2. The highest BCUT2D eigenvalue weighted by molar-refractivity contribution is 6.31. The quantitative estimate of drug-likeness (QED) is 0.360. The van der Waals surface area contributed by atoms with E-state index in [4.69, 9.17) is 15.2 Å². The Kier molecular flexibility index (Phi) is 5.73. The van der Waals surface area contributed by atoms with Gasteiger partial charge in [0, 0.05) is 23.7 Å². The van der Waals surface area contributed by atoms with E-state index in [0.29, 0.717) is 29.2 Å². The summed E-state index contributed by atoms with van der Waals surface area (Å²) < 4.78 is 11.9. The molecule has 0 radical (unpaired) electrons. The molecule has 3 aromatic rings. The van der Waals surface area contributed by atoms with E-state index in [9.17, 15) is 9.59 Å². The molecule has 0 amide bonds. The monoisotopic (exact) mass is 416 g/mol. The Balaban J connectivity index is 1.80. The van der Waals surface area contributed by atoms with E-state index < -0.39 is 0 Å². The molecular formula is C25H24N2O4. The number of rotatable bonds is 7. The molecule has 0 bridgehead atoms. The van der Waals surface area contributed by atoms with Crippen LogP contribution in [0.3, 0.4) is 0 Å². The van der Waals surface area contributed by atoms with E-state index in [-0.39, 0.29) is 34.1 Å². The molecule has 3 aromatic carbocycles. The van der Waals surface area contributed by atoms with Gasteiger partial charge in [0.1, 0.15) is 11.5 Å². The third kappa shape index (κ3) is 4.02. The molecule has 158 valence electrons. The van der Waals surface area contributed by atoms with Crippen LogP contribution >= 0.6 is 0 Å². The maximum Gasteiger partial charge on any atom is 0.198 e. The van der Waals surface area contributed by atoms with Crippen molar-refractivity contribution < 1.29 is 19.1 Å².